The number of aliphatic carboxylic acids is 1. The Kier molecular flexibility index (Phi) is 3.80. The maximum absolute atomic E-state index is 11.6. The zero-order valence-corrected chi connectivity index (χ0v) is 12.9. The molecule has 0 aromatic heterocycles. The number of nitrogens with zero attached hydrogens (tertiary/aromatic N) is 1. The number of hydrogen-bond acceptors (Lipinski definition) is 2. The first-order chi connectivity index (χ1) is 9.15. The summed E-state index contributed by atoms with van der Waals surface area (Å²) in [5.41, 5.74) is 1.21. The summed E-state index contributed by atoms with van der Waals surface area (Å²) in [4.78, 5) is 13.7. The van der Waals surface area contributed by atoms with Crippen LogP contribution in [0, 0.1) is 15.4 Å². The summed E-state index contributed by atoms with van der Waals surface area (Å²) in [5, 5.41) is 9.51. The number of fused-ring (bicyclic) bond motifs is 1. The molecule has 19 heavy (non-hydrogen) atoms. The molecule has 1 saturated carbocycles. The monoisotopic (exact) mass is 371 g/mol. The number of carbonyl (C=O) groups is 1. The summed E-state index contributed by atoms with van der Waals surface area (Å²) in [6, 6.07) is 8.11. The largest absolute Gasteiger partial charge is 0.480 e. The summed E-state index contributed by atoms with van der Waals surface area (Å²) in [5.74, 6) is 0.339. The highest BCUT2D eigenvalue weighted by molar-refractivity contribution is 14.1. The van der Waals surface area contributed by atoms with Gasteiger partial charge in [0.1, 0.15) is 6.04 Å². The molecule has 0 spiro atoms. The number of carboxylic acids is 1. The van der Waals surface area contributed by atoms with Crippen molar-refractivity contribution in [3.8, 4) is 0 Å². The quantitative estimate of drug-likeness (QED) is 0.831. The van der Waals surface area contributed by atoms with Crippen LogP contribution in [0.2, 0.25) is 0 Å². The molecule has 1 saturated heterocycles. The first-order valence-corrected chi connectivity index (χ1v) is 7.94. The Labute approximate surface area is 127 Å². The molecule has 1 N–H and O–H groups in total. The summed E-state index contributed by atoms with van der Waals surface area (Å²) < 4.78 is 1.22. The molecular formula is C15H18INO2. The van der Waals surface area contributed by atoms with Gasteiger partial charge in [0.15, 0.2) is 0 Å². The molecule has 2 aliphatic rings. The minimum absolute atomic E-state index is 0.272. The van der Waals surface area contributed by atoms with E-state index in [0.29, 0.717) is 11.8 Å². The second-order valence-electron chi connectivity index (χ2n) is 5.69. The fraction of sp³-hybridized carbons (Fsp3) is 0.533. The van der Waals surface area contributed by atoms with Crippen molar-refractivity contribution in [2.24, 2.45) is 11.8 Å². The first kappa shape index (κ1) is 13.4. The first-order valence-electron chi connectivity index (χ1n) is 6.86. The van der Waals surface area contributed by atoms with Gasteiger partial charge in [-0.3, -0.25) is 9.69 Å². The van der Waals surface area contributed by atoms with Crippen molar-refractivity contribution in [3.05, 3.63) is 33.4 Å². The Bertz CT molecular complexity index is 474. The Hall–Kier alpha value is -0.620. The van der Waals surface area contributed by atoms with E-state index in [-0.39, 0.29) is 6.04 Å². The highest BCUT2D eigenvalue weighted by atomic mass is 127. The second-order valence-corrected chi connectivity index (χ2v) is 6.94. The van der Waals surface area contributed by atoms with Gasteiger partial charge in [-0.15, -0.1) is 0 Å². The predicted octanol–water partition coefficient (Wildman–Crippen LogP) is 2.98. The standard InChI is InChI=1S/C15H18INO2/c16-12-6-4-10(5-7-12)8-17-9-11-2-1-3-13(11)14(17)15(18)19/h4-7,11,13-14H,1-3,8-9H2,(H,18,19). The fourth-order valence-electron chi connectivity index (χ4n) is 3.72. The predicted molar refractivity (Wildman–Crippen MR) is 81.8 cm³/mol. The summed E-state index contributed by atoms with van der Waals surface area (Å²) in [7, 11) is 0. The molecule has 1 aliphatic heterocycles. The van der Waals surface area contributed by atoms with E-state index in [1.807, 2.05) is 0 Å². The molecule has 2 fully saturated rings. The van der Waals surface area contributed by atoms with Crippen molar-refractivity contribution >= 4 is 28.6 Å². The van der Waals surface area contributed by atoms with E-state index < -0.39 is 5.97 Å². The Morgan fingerprint density at radius 2 is 2.05 bits per heavy atom. The molecule has 3 atom stereocenters. The average molecular weight is 371 g/mol. The van der Waals surface area contributed by atoms with Crippen LogP contribution in [0.4, 0.5) is 0 Å². The van der Waals surface area contributed by atoms with Crippen molar-refractivity contribution in [2.45, 2.75) is 31.8 Å². The van der Waals surface area contributed by atoms with Gasteiger partial charge in [-0.05, 0) is 65.0 Å². The lowest BCUT2D eigenvalue weighted by atomic mass is 9.94. The molecule has 1 aliphatic carbocycles. The van der Waals surface area contributed by atoms with Crippen LogP contribution in [0.3, 0.4) is 0 Å². The fourth-order valence-corrected chi connectivity index (χ4v) is 4.08. The van der Waals surface area contributed by atoms with Gasteiger partial charge in [0, 0.05) is 16.7 Å². The number of halogens is 1. The lowest BCUT2D eigenvalue weighted by molar-refractivity contribution is -0.143. The number of hydrogen-bond donors (Lipinski definition) is 1. The van der Waals surface area contributed by atoms with Gasteiger partial charge in [-0.1, -0.05) is 18.6 Å². The van der Waals surface area contributed by atoms with Crippen LogP contribution in [0.1, 0.15) is 24.8 Å². The van der Waals surface area contributed by atoms with E-state index in [0.717, 1.165) is 19.5 Å². The maximum atomic E-state index is 11.6. The number of rotatable bonds is 3. The van der Waals surface area contributed by atoms with Crippen LogP contribution >= 0.6 is 22.6 Å². The van der Waals surface area contributed by atoms with E-state index in [4.69, 9.17) is 0 Å². The molecule has 4 heteroatoms. The van der Waals surface area contributed by atoms with Gasteiger partial charge in [0.2, 0.25) is 0 Å². The lowest BCUT2D eigenvalue weighted by Gasteiger charge is -2.24. The van der Waals surface area contributed by atoms with E-state index in [9.17, 15) is 9.90 Å². The van der Waals surface area contributed by atoms with Crippen molar-refractivity contribution < 1.29 is 9.90 Å². The van der Waals surface area contributed by atoms with E-state index in [2.05, 4.69) is 51.8 Å². The normalized spacial score (nSPS) is 30.5. The smallest absolute Gasteiger partial charge is 0.321 e. The van der Waals surface area contributed by atoms with E-state index in [1.54, 1.807) is 0 Å². The molecule has 1 aromatic rings. The van der Waals surface area contributed by atoms with Crippen LogP contribution in [-0.4, -0.2) is 28.6 Å². The van der Waals surface area contributed by atoms with Gasteiger partial charge in [0.25, 0.3) is 0 Å². The Morgan fingerprint density at radius 1 is 1.32 bits per heavy atom. The molecule has 1 heterocycles. The zero-order valence-electron chi connectivity index (χ0n) is 10.8. The SMILES string of the molecule is O=C(O)C1C2CCCC2CN1Cc1ccc(I)cc1. The molecule has 1 aromatic carbocycles. The third kappa shape index (κ3) is 2.65. The number of likely N-dealkylation sites (tertiary alicyclic amines) is 1. The average Bonchev–Trinajstić information content (AvgIpc) is 2.91. The van der Waals surface area contributed by atoms with Crippen LogP contribution < -0.4 is 0 Å². The van der Waals surface area contributed by atoms with Gasteiger partial charge in [0.05, 0.1) is 0 Å². The minimum atomic E-state index is -0.639. The maximum Gasteiger partial charge on any atom is 0.321 e. The van der Waals surface area contributed by atoms with Gasteiger partial charge in [-0.25, -0.2) is 0 Å². The molecule has 0 amide bonds. The van der Waals surface area contributed by atoms with Gasteiger partial charge < -0.3 is 5.11 Å². The molecule has 3 nitrogen and oxygen atoms in total. The molecule has 3 rings (SSSR count). The number of carboxylic acid groups (broad SMARTS) is 1. The van der Waals surface area contributed by atoms with Crippen LogP contribution in [0.25, 0.3) is 0 Å². The minimum Gasteiger partial charge on any atom is -0.480 e. The summed E-state index contributed by atoms with van der Waals surface area (Å²) >= 11 is 2.29. The molecular weight excluding hydrogens is 353 g/mol. The van der Waals surface area contributed by atoms with Gasteiger partial charge in [-0.2, -0.15) is 0 Å². The second kappa shape index (κ2) is 5.40. The lowest BCUT2D eigenvalue weighted by Crippen LogP contribution is -2.39. The van der Waals surface area contributed by atoms with Crippen molar-refractivity contribution in [3.63, 3.8) is 0 Å². The van der Waals surface area contributed by atoms with E-state index in [1.165, 1.54) is 22.0 Å². The summed E-state index contributed by atoms with van der Waals surface area (Å²) in [6.45, 7) is 1.72. The van der Waals surface area contributed by atoms with Crippen LogP contribution in [0.5, 0.6) is 0 Å². The zero-order chi connectivity index (χ0) is 13.4. The van der Waals surface area contributed by atoms with E-state index >= 15 is 0 Å². The molecule has 3 unspecified atom stereocenters. The third-order valence-corrected chi connectivity index (χ3v) is 5.26. The van der Waals surface area contributed by atoms with Crippen molar-refractivity contribution in [1.82, 2.24) is 4.90 Å². The molecule has 102 valence electrons. The van der Waals surface area contributed by atoms with Crippen molar-refractivity contribution in [2.75, 3.05) is 6.54 Å². The number of benzene rings is 1. The Morgan fingerprint density at radius 3 is 2.74 bits per heavy atom. The third-order valence-electron chi connectivity index (χ3n) is 4.54. The van der Waals surface area contributed by atoms with Gasteiger partial charge >= 0.3 is 5.97 Å². The van der Waals surface area contributed by atoms with Crippen LogP contribution in [-0.2, 0) is 11.3 Å². The molecule has 0 bridgehead atoms. The highest BCUT2D eigenvalue weighted by Gasteiger charge is 2.47. The molecule has 0 radical (unpaired) electrons. The van der Waals surface area contributed by atoms with Crippen LogP contribution in [0.15, 0.2) is 24.3 Å². The topological polar surface area (TPSA) is 40.5 Å². The Balaban J connectivity index is 1.76. The van der Waals surface area contributed by atoms with Crippen molar-refractivity contribution in [1.29, 1.82) is 0 Å². The highest BCUT2D eigenvalue weighted by Crippen LogP contribution is 2.42. The summed E-state index contributed by atoms with van der Waals surface area (Å²) in [6.07, 6.45) is 3.50.